The van der Waals surface area contributed by atoms with E-state index in [0.717, 1.165) is 10.2 Å². The van der Waals surface area contributed by atoms with Crippen LogP contribution in [0.4, 0.5) is 5.13 Å². The quantitative estimate of drug-likeness (QED) is 0.323. The summed E-state index contributed by atoms with van der Waals surface area (Å²) in [5.74, 6) is 1.11. The minimum atomic E-state index is -0.822. The van der Waals surface area contributed by atoms with Gasteiger partial charge in [-0.3, -0.25) is 9.59 Å². The molecule has 0 fully saturated rings. The van der Waals surface area contributed by atoms with Crippen LogP contribution >= 0.6 is 11.3 Å². The molecule has 10 nitrogen and oxygen atoms in total. The maximum atomic E-state index is 14.2. The van der Waals surface area contributed by atoms with Crippen LogP contribution in [0.3, 0.4) is 0 Å². The largest absolute Gasteiger partial charge is 0.497 e. The first-order valence-electron chi connectivity index (χ1n) is 12.3. The number of methoxy groups -OCH3 is 5. The summed E-state index contributed by atoms with van der Waals surface area (Å²) in [6.07, 6.45) is 0. The number of rotatable bonds is 8. The van der Waals surface area contributed by atoms with E-state index in [2.05, 4.69) is 10.3 Å². The topological polar surface area (TPSA) is 108 Å². The molecule has 2 amide bonds. The average Bonchev–Trinajstić information content (AvgIpc) is 3.38. The minimum absolute atomic E-state index is 0.258. The molecule has 0 saturated heterocycles. The van der Waals surface area contributed by atoms with E-state index >= 15 is 0 Å². The van der Waals surface area contributed by atoms with Crippen LogP contribution < -0.4 is 29.0 Å². The Morgan fingerprint density at radius 3 is 2.20 bits per heavy atom. The Bertz CT molecular complexity index is 1600. The van der Waals surface area contributed by atoms with Gasteiger partial charge < -0.3 is 33.9 Å². The van der Waals surface area contributed by atoms with Crippen molar-refractivity contribution in [2.45, 2.75) is 12.0 Å². The van der Waals surface area contributed by atoms with Gasteiger partial charge in [-0.15, -0.1) is 0 Å². The fourth-order valence-electron chi connectivity index (χ4n) is 5.05. The summed E-state index contributed by atoms with van der Waals surface area (Å²) in [6.45, 7) is 0. The second-order valence-electron chi connectivity index (χ2n) is 9.09. The number of hydrogen-bond acceptors (Lipinski definition) is 9. The molecular weight excluding hydrogens is 534 g/mol. The number of ether oxygens (including phenoxy) is 5. The fourth-order valence-corrected chi connectivity index (χ4v) is 5.95. The van der Waals surface area contributed by atoms with Gasteiger partial charge in [0.25, 0.3) is 5.91 Å². The maximum Gasteiger partial charge on any atom is 0.254 e. The van der Waals surface area contributed by atoms with Crippen LogP contribution in [0, 0.1) is 0 Å². The van der Waals surface area contributed by atoms with Gasteiger partial charge in [0.15, 0.2) is 28.1 Å². The van der Waals surface area contributed by atoms with Crippen LogP contribution in [0.5, 0.6) is 28.7 Å². The summed E-state index contributed by atoms with van der Waals surface area (Å²) in [6, 6.07) is 13.5. The molecule has 11 heteroatoms. The molecule has 1 aliphatic heterocycles. The minimum Gasteiger partial charge on any atom is -0.497 e. The lowest BCUT2D eigenvalue weighted by atomic mass is 9.79. The highest BCUT2D eigenvalue weighted by Crippen LogP contribution is 2.47. The number of anilines is 1. The molecule has 0 aliphatic carbocycles. The highest BCUT2D eigenvalue weighted by molar-refractivity contribution is 7.22. The lowest BCUT2D eigenvalue weighted by molar-refractivity contribution is -0.119. The van der Waals surface area contributed by atoms with Gasteiger partial charge in [-0.05, 0) is 53.6 Å². The van der Waals surface area contributed by atoms with E-state index in [1.54, 1.807) is 50.4 Å². The molecule has 0 saturated carbocycles. The Labute approximate surface area is 235 Å². The predicted octanol–water partition coefficient (Wildman–Crippen LogP) is 4.89. The molecule has 5 rings (SSSR count). The van der Waals surface area contributed by atoms with Gasteiger partial charge in [0.2, 0.25) is 5.91 Å². The normalized spacial score (nSPS) is 16.4. The summed E-state index contributed by atoms with van der Waals surface area (Å²) in [5, 5.41) is 3.42. The SMILES string of the molecule is COc1ccc2nc(NC(=O)[C@@H]3c4cc(OC)c(OC)cc4C(=O)N(C)[C@H]3c3ccc(OC)c(OC)c3)sc2c1. The fraction of sp³-hybridized carbons (Fsp3) is 0.276. The number of aromatic nitrogens is 1. The predicted molar refractivity (Wildman–Crippen MR) is 151 cm³/mol. The van der Waals surface area contributed by atoms with E-state index in [-0.39, 0.29) is 11.8 Å². The maximum absolute atomic E-state index is 14.2. The van der Waals surface area contributed by atoms with E-state index in [1.807, 2.05) is 24.3 Å². The zero-order chi connectivity index (χ0) is 28.6. The number of amides is 2. The Morgan fingerprint density at radius 1 is 0.850 bits per heavy atom. The standard InChI is InChI=1S/C29H29N3O7S/c1-32-26(15-7-10-20(36-3)21(11-15)37-4)25(17-13-22(38-5)23(39-6)14-18(17)28(32)34)27(33)31-29-30-19-9-8-16(35-2)12-24(19)40-29/h7-14,25-26H,1-6H3,(H,30,31,33)/t25-,26+/m1/s1. The number of carbonyl (C=O) groups is 2. The second kappa shape index (κ2) is 10.9. The summed E-state index contributed by atoms with van der Waals surface area (Å²) in [5.41, 5.74) is 2.30. The molecule has 1 N–H and O–H groups in total. The van der Waals surface area contributed by atoms with E-state index in [1.165, 1.54) is 32.7 Å². The number of hydrogen-bond donors (Lipinski definition) is 1. The average molecular weight is 564 g/mol. The molecule has 1 aromatic heterocycles. The number of nitrogens with zero attached hydrogens (tertiary/aromatic N) is 2. The van der Waals surface area contributed by atoms with Gasteiger partial charge in [-0.1, -0.05) is 17.4 Å². The van der Waals surface area contributed by atoms with Gasteiger partial charge in [-0.25, -0.2) is 4.98 Å². The Balaban J connectivity index is 1.64. The van der Waals surface area contributed by atoms with Crippen molar-refractivity contribution >= 4 is 38.5 Å². The van der Waals surface area contributed by atoms with E-state index in [4.69, 9.17) is 23.7 Å². The van der Waals surface area contributed by atoms with Crippen molar-refractivity contribution in [1.29, 1.82) is 0 Å². The molecule has 208 valence electrons. The highest BCUT2D eigenvalue weighted by Gasteiger charge is 2.44. The lowest BCUT2D eigenvalue weighted by Gasteiger charge is -2.40. The first-order chi connectivity index (χ1) is 19.3. The summed E-state index contributed by atoms with van der Waals surface area (Å²) >= 11 is 1.34. The zero-order valence-electron chi connectivity index (χ0n) is 22.9. The highest BCUT2D eigenvalue weighted by atomic mass is 32.1. The summed E-state index contributed by atoms with van der Waals surface area (Å²) < 4.78 is 28.1. The third kappa shape index (κ3) is 4.62. The molecule has 2 heterocycles. The number of thiazole rings is 1. The third-order valence-corrected chi connectivity index (χ3v) is 7.97. The molecule has 0 spiro atoms. The molecular formula is C29H29N3O7S. The molecule has 0 radical (unpaired) electrons. The van der Waals surface area contributed by atoms with Crippen molar-refractivity contribution in [3.8, 4) is 28.7 Å². The van der Waals surface area contributed by atoms with Crippen molar-refractivity contribution in [2.24, 2.45) is 0 Å². The number of fused-ring (bicyclic) bond motifs is 2. The lowest BCUT2D eigenvalue weighted by Crippen LogP contribution is -2.44. The van der Waals surface area contributed by atoms with Crippen LogP contribution in [0.2, 0.25) is 0 Å². The molecule has 3 aromatic carbocycles. The number of nitrogens with one attached hydrogen (secondary N) is 1. The molecule has 1 aliphatic rings. The Kier molecular flexibility index (Phi) is 7.40. The molecule has 2 atom stereocenters. The molecule has 40 heavy (non-hydrogen) atoms. The molecule has 4 aromatic rings. The van der Waals surface area contributed by atoms with Crippen molar-refractivity contribution in [3.63, 3.8) is 0 Å². The van der Waals surface area contributed by atoms with Crippen LogP contribution in [-0.2, 0) is 4.79 Å². The van der Waals surface area contributed by atoms with Gasteiger partial charge in [0, 0.05) is 12.6 Å². The van der Waals surface area contributed by atoms with Crippen molar-refractivity contribution in [2.75, 3.05) is 47.9 Å². The van der Waals surface area contributed by atoms with E-state index in [9.17, 15) is 9.59 Å². The Hall–Kier alpha value is -4.51. The van der Waals surface area contributed by atoms with E-state index < -0.39 is 12.0 Å². The number of likely N-dealkylation sites (N-methyl/N-ethyl adjacent to an activating group) is 1. The molecule has 0 bridgehead atoms. The first kappa shape index (κ1) is 27.1. The van der Waals surface area contributed by atoms with Gasteiger partial charge in [-0.2, -0.15) is 0 Å². The third-order valence-electron chi connectivity index (χ3n) is 7.03. The second-order valence-corrected chi connectivity index (χ2v) is 10.1. The first-order valence-corrected chi connectivity index (χ1v) is 13.2. The van der Waals surface area contributed by atoms with Gasteiger partial charge in [0.1, 0.15) is 5.75 Å². The number of carbonyl (C=O) groups excluding carboxylic acids is 2. The van der Waals surface area contributed by atoms with Crippen LogP contribution in [0.15, 0.2) is 48.5 Å². The smallest absolute Gasteiger partial charge is 0.254 e. The van der Waals surface area contributed by atoms with Crippen molar-refractivity contribution in [3.05, 3.63) is 65.2 Å². The monoisotopic (exact) mass is 563 g/mol. The van der Waals surface area contributed by atoms with Crippen molar-refractivity contribution in [1.82, 2.24) is 9.88 Å². The van der Waals surface area contributed by atoms with Crippen LogP contribution in [0.25, 0.3) is 10.2 Å². The van der Waals surface area contributed by atoms with Crippen molar-refractivity contribution < 1.29 is 33.3 Å². The Morgan fingerprint density at radius 2 is 1.52 bits per heavy atom. The van der Waals surface area contributed by atoms with E-state index in [0.29, 0.717) is 50.6 Å². The van der Waals surface area contributed by atoms with Gasteiger partial charge >= 0.3 is 0 Å². The zero-order valence-corrected chi connectivity index (χ0v) is 23.8. The summed E-state index contributed by atoms with van der Waals surface area (Å²) in [7, 11) is 9.37. The number of benzene rings is 3. The summed E-state index contributed by atoms with van der Waals surface area (Å²) in [4.78, 5) is 34.0. The van der Waals surface area contributed by atoms with Crippen LogP contribution in [0.1, 0.15) is 33.4 Å². The van der Waals surface area contributed by atoms with Crippen LogP contribution in [-0.4, -0.2) is 64.3 Å². The molecule has 0 unspecified atom stereocenters. The van der Waals surface area contributed by atoms with Gasteiger partial charge in [0.05, 0.1) is 57.7 Å².